The molecule has 0 aromatic rings. The highest BCUT2D eigenvalue weighted by atomic mass is 16.1. The Balaban J connectivity index is 3.88. The van der Waals surface area contributed by atoms with Gasteiger partial charge in [0.25, 0.3) is 0 Å². The Morgan fingerprint density at radius 2 is 2.00 bits per heavy atom. The van der Waals surface area contributed by atoms with Crippen LogP contribution in [0.25, 0.3) is 0 Å². The second kappa shape index (κ2) is 2.71. The fraction of sp³-hybridized carbons (Fsp3) is 0.833. The van der Waals surface area contributed by atoms with Gasteiger partial charge in [0, 0.05) is 5.41 Å². The van der Waals surface area contributed by atoms with Crippen molar-refractivity contribution in [3.05, 3.63) is 0 Å². The molecule has 2 N–H and O–H groups in total. The van der Waals surface area contributed by atoms with E-state index in [9.17, 15) is 4.79 Å². The van der Waals surface area contributed by atoms with E-state index in [0.717, 1.165) is 0 Å². The van der Waals surface area contributed by atoms with E-state index < -0.39 is 0 Å². The maximum atomic E-state index is 10.9. The predicted octanol–water partition coefficient (Wildman–Crippen LogP) is -0.187. The molecule has 0 aliphatic rings. The van der Waals surface area contributed by atoms with Gasteiger partial charge in [-0.3, -0.25) is 4.79 Å². The highest BCUT2D eigenvalue weighted by Gasteiger charge is 2.20. The van der Waals surface area contributed by atoms with Crippen LogP contribution in [-0.2, 0) is 4.79 Å². The summed E-state index contributed by atoms with van der Waals surface area (Å²) in [5, 5.41) is 3.25. The third-order valence-corrected chi connectivity index (χ3v) is 1.07. The summed E-state index contributed by atoms with van der Waals surface area (Å²) in [5.41, 5.74) is 4.53. The lowest BCUT2D eigenvalue weighted by molar-refractivity contribution is -0.221. The molecule has 0 rings (SSSR count). The highest BCUT2D eigenvalue weighted by Crippen LogP contribution is 2.13. The zero-order valence-corrected chi connectivity index (χ0v) is 6.14. The van der Waals surface area contributed by atoms with Crippen molar-refractivity contribution >= 4 is 5.78 Å². The zero-order valence-electron chi connectivity index (χ0n) is 6.14. The van der Waals surface area contributed by atoms with Crippen LogP contribution in [0.4, 0.5) is 0 Å². The van der Waals surface area contributed by atoms with Crippen molar-refractivity contribution in [2.75, 3.05) is 6.54 Å². The number of hydrogen-bond acceptors (Lipinski definition) is 2. The third kappa shape index (κ3) is 2.95. The van der Waals surface area contributed by atoms with Gasteiger partial charge in [-0.1, -0.05) is 20.8 Å². The van der Waals surface area contributed by atoms with Crippen molar-refractivity contribution < 1.29 is 10.3 Å². The molecular formula is C6H13N2O+. The number of carbonyl (C=O) groups excluding carboxylic acids is 1. The van der Waals surface area contributed by atoms with E-state index in [1.807, 2.05) is 20.8 Å². The monoisotopic (exact) mass is 129 g/mol. The van der Waals surface area contributed by atoms with Crippen LogP contribution < -0.4 is 5.53 Å². The summed E-state index contributed by atoms with van der Waals surface area (Å²) in [7, 11) is 0. The molecule has 3 nitrogen and oxygen atoms in total. The van der Waals surface area contributed by atoms with Crippen LogP contribution in [0.1, 0.15) is 20.8 Å². The molecule has 3 heteroatoms. The molecule has 0 unspecified atom stereocenters. The lowest BCUT2D eigenvalue weighted by Crippen LogP contribution is -2.30. The fourth-order valence-electron chi connectivity index (χ4n) is 0.320. The van der Waals surface area contributed by atoms with Crippen LogP contribution in [0.3, 0.4) is 0 Å². The highest BCUT2D eigenvalue weighted by molar-refractivity contribution is 5.85. The van der Waals surface area contributed by atoms with Gasteiger partial charge in [-0.05, 0) is 5.11 Å². The van der Waals surface area contributed by atoms with Crippen LogP contribution in [-0.4, -0.2) is 12.3 Å². The van der Waals surface area contributed by atoms with Gasteiger partial charge in [-0.25, -0.2) is 0 Å². The molecule has 0 fully saturated rings. The Kier molecular flexibility index (Phi) is 2.49. The molecule has 0 saturated carbocycles. The van der Waals surface area contributed by atoms with Crippen LogP contribution in [0, 0.1) is 5.41 Å². The van der Waals surface area contributed by atoms with Crippen LogP contribution >= 0.6 is 0 Å². The summed E-state index contributed by atoms with van der Waals surface area (Å²) in [6.07, 6.45) is 0. The summed E-state index contributed by atoms with van der Waals surface area (Å²) < 4.78 is 0. The number of Topliss-reactive ketones (excluding diaryl/α,β-unsaturated/α-hetero) is 1. The van der Waals surface area contributed by atoms with E-state index in [2.05, 4.69) is 5.11 Å². The summed E-state index contributed by atoms with van der Waals surface area (Å²) in [4.78, 5) is 10.9. The molecular weight excluding hydrogens is 116 g/mol. The maximum absolute atomic E-state index is 10.9. The molecule has 0 aromatic carbocycles. The average molecular weight is 129 g/mol. The van der Waals surface area contributed by atoms with Gasteiger partial charge in [0.15, 0.2) is 12.3 Å². The van der Waals surface area contributed by atoms with Crippen LogP contribution in [0.2, 0.25) is 0 Å². The average Bonchev–Trinajstić information content (AvgIpc) is 1.64. The number of ketones is 1. The van der Waals surface area contributed by atoms with Crippen molar-refractivity contribution in [3.8, 4) is 0 Å². The molecule has 0 spiro atoms. The normalized spacial score (nSPS) is 11.0. The minimum Gasteiger partial charge on any atom is -0.297 e. The molecule has 0 aliphatic carbocycles. The molecule has 52 valence electrons. The van der Waals surface area contributed by atoms with Crippen LogP contribution in [0.15, 0.2) is 5.11 Å². The fourth-order valence-corrected chi connectivity index (χ4v) is 0.320. The Morgan fingerprint density at radius 1 is 1.56 bits per heavy atom. The molecule has 0 atom stereocenters. The standard InChI is InChI=1S/C6H12N2O/c1-6(2,3)5(9)4-8-7/h7H,4H2,1-3H3/p+1. The van der Waals surface area contributed by atoms with Gasteiger partial charge < -0.3 is 0 Å². The molecule has 0 aromatic heterocycles. The lowest BCUT2D eigenvalue weighted by atomic mass is 9.91. The Bertz CT molecular complexity index is 124. The van der Waals surface area contributed by atoms with Gasteiger partial charge in [-0.15, -0.1) is 0 Å². The van der Waals surface area contributed by atoms with Crippen molar-refractivity contribution in [2.45, 2.75) is 20.8 Å². The number of rotatable bonds is 2. The lowest BCUT2D eigenvalue weighted by Gasteiger charge is -2.12. The predicted molar refractivity (Wildman–Crippen MR) is 33.7 cm³/mol. The number of nitrogens with two attached hydrogens (primary N) is 1. The zero-order chi connectivity index (χ0) is 7.49. The smallest absolute Gasteiger partial charge is 0.165 e. The summed E-state index contributed by atoms with van der Waals surface area (Å²) in [6.45, 7) is 5.67. The quantitative estimate of drug-likeness (QED) is 0.516. The Hall–Kier alpha value is -0.730. The SMILES string of the molecule is CC(C)(C)C(=O)CN=[NH2+]. The van der Waals surface area contributed by atoms with Crippen molar-refractivity contribution in [1.82, 2.24) is 0 Å². The molecule has 0 saturated heterocycles. The Morgan fingerprint density at radius 3 is 2.11 bits per heavy atom. The summed E-state index contributed by atoms with van der Waals surface area (Å²) in [5.74, 6) is 0.0741. The minimum absolute atomic E-state index is 0.0741. The summed E-state index contributed by atoms with van der Waals surface area (Å²) >= 11 is 0. The first-order valence-corrected chi connectivity index (χ1v) is 2.88. The second-order valence-corrected chi connectivity index (χ2v) is 3.01. The number of hydrogen-bond donors (Lipinski definition) is 1. The van der Waals surface area contributed by atoms with Crippen molar-refractivity contribution in [2.24, 2.45) is 10.5 Å². The molecule has 0 heterocycles. The van der Waals surface area contributed by atoms with Gasteiger partial charge in [0.2, 0.25) is 0 Å². The maximum Gasteiger partial charge on any atom is 0.165 e. The van der Waals surface area contributed by atoms with Crippen molar-refractivity contribution in [3.63, 3.8) is 0 Å². The molecule has 0 amide bonds. The van der Waals surface area contributed by atoms with Gasteiger partial charge in [0.1, 0.15) is 0 Å². The minimum atomic E-state index is -0.303. The van der Waals surface area contributed by atoms with E-state index in [-0.39, 0.29) is 17.7 Å². The van der Waals surface area contributed by atoms with Gasteiger partial charge in [0.05, 0.1) is 0 Å². The van der Waals surface area contributed by atoms with E-state index in [1.165, 1.54) is 0 Å². The summed E-state index contributed by atoms with van der Waals surface area (Å²) in [6, 6.07) is 0. The third-order valence-electron chi connectivity index (χ3n) is 1.07. The van der Waals surface area contributed by atoms with Gasteiger partial charge >= 0.3 is 0 Å². The topological polar surface area (TPSA) is 55.0 Å². The van der Waals surface area contributed by atoms with E-state index in [0.29, 0.717) is 0 Å². The van der Waals surface area contributed by atoms with Crippen molar-refractivity contribution in [1.29, 1.82) is 0 Å². The van der Waals surface area contributed by atoms with E-state index >= 15 is 0 Å². The van der Waals surface area contributed by atoms with Crippen LogP contribution in [0.5, 0.6) is 0 Å². The Labute approximate surface area is 55.0 Å². The first-order valence-electron chi connectivity index (χ1n) is 2.88. The largest absolute Gasteiger partial charge is 0.297 e. The second-order valence-electron chi connectivity index (χ2n) is 3.01. The molecule has 0 aliphatic heterocycles. The molecule has 0 radical (unpaired) electrons. The van der Waals surface area contributed by atoms with E-state index in [4.69, 9.17) is 5.53 Å². The first-order chi connectivity index (χ1) is 3.98. The van der Waals surface area contributed by atoms with E-state index in [1.54, 1.807) is 0 Å². The molecule has 0 bridgehead atoms. The van der Waals surface area contributed by atoms with Gasteiger partial charge in [-0.2, -0.15) is 5.53 Å². The number of carbonyl (C=O) groups is 1. The molecule has 9 heavy (non-hydrogen) atoms. The number of nitrogens with zero attached hydrogens (tertiary/aromatic N) is 1. The first kappa shape index (κ1) is 8.27.